The monoisotopic (exact) mass is 352 g/mol. The van der Waals surface area contributed by atoms with Gasteiger partial charge in [-0.3, -0.25) is 14.6 Å². The Hall–Kier alpha value is -0.690. The summed E-state index contributed by atoms with van der Waals surface area (Å²) in [5.74, 6) is 0.197. The lowest BCUT2D eigenvalue weighted by Gasteiger charge is -2.48. The lowest BCUT2D eigenvalue weighted by atomic mass is 9.79. The summed E-state index contributed by atoms with van der Waals surface area (Å²) in [6.07, 6.45) is 6.32. The molecule has 0 spiro atoms. The quantitative estimate of drug-likeness (QED) is 0.765. The molecule has 0 aromatic rings. The second-order valence-electron chi connectivity index (χ2n) is 7.87. The van der Waals surface area contributed by atoms with Crippen LogP contribution < -0.4 is 5.32 Å². The van der Waals surface area contributed by atoms with E-state index in [0.717, 1.165) is 65.6 Å². The molecule has 3 fully saturated rings. The van der Waals surface area contributed by atoms with E-state index in [9.17, 15) is 4.79 Å². The number of hydrogen-bond donors (Lipinski definition) is 1. The van der Waals surface area contributed by atoms with Crippen molar-refractivity contribution in [1.82, 2.24) is 20.0 Å². The first-order valence-corrected chi connectivity index (χ1v) is 10.3. The molecule has 2 heterocycles. The Morgan fingerprint density at radius 2 is 1.60 bits per heavy atom. The van der Waals surface area contributed by atoms with Crippen molar-refractivity contribution in [2.75, 3.05) is 72.1 Å². The number of carbonyl (C=O) groups is 1. The number of rotatable bonds is 6. The molecule has 1 saturated carbocycles. The van der Waals surface area contributed by atoms with E-state index in [2.05, 4.69) is 26.9 Å². The summed E-state index contributed by atoms with van der Waals surface area (Å²) in [4.78, 5) is 19.9. The molecule has 3 rings (SSSR count). The van der Waals surface area contributed by atoms with E-state index in [4.69, 9.17) is 4.74 Å². The third kappa shape index (κ3) is 5.16. The van der Waals surface area contributed by atoms with Gasteiger partial charge in [-0.05, 0) is 19.4 Å². The summed E-state index contributed by atoms with van der Waals surface area (Å²) in [6.45, 7) is 12.5. The third-order valence-electron chi connectivity index (χ3n) is 6.36. The predicted octanol–water partition coefficient (Wildman–Crippen LogP) is 0.775. The van der Waals surface area contributed by atoms with Crippen molar-refractivity contribution in [2.45, 2.75) is 44.6 Å². The fourth-order valence-electron chi connectivity index (χ4n) is 4.64. The summed E-state index contributed by atoms with van der Waals surface area (Å²) < 4.78 is 5.54. The maximum absolute atomic E-state index is 12.5. The van der Waals surface area contributed by atoms with Crippen molar-refractivity contribution >= 4 is 5.91 Å². The van der Waals surface area contributed by atoms with Gasteiger partial charge in [-0.2, -0.15) is 0 Å². The van der Waals surface area contributed by atoms with Crippen molar-refractivity contribution in [3.63, 3.8) is 0 Å². The van der Waals surface area contributed by atoms with Crippen LogP contribution in [0, 0.1) is 0 Å². The van der Waals surface area contributed by atoms with E-state index >= 15 is 0 Å². The third-order valence-corrected chi connectivity index (χ3v) is 6.36. The number of likely N-dealkylation sites (N-methyl/N-ethyl adjacent to an activating group) is 1. The van der Waals surface area contributed by atoms with Crippen LogP contribution in [0.4, 0.5) is 0 Å². The maximum Gasteiger partial charge on any atom is 0.234 e. The number of amides is 1. The number of nitrogens with one attached hydrogen (secondary N) is 1. The van der Waals surface area contributed by atoms with Crippen molar-refractivity contribution in [2.24, 2.45) is 0 Å². The number of hydrogen-bond acceptors (Lipinski definition) is 5. The minimum Gasteiger partial charge on any atom is -0.379 e. The fraction of sp³-hybridized carbons (Fsp3) is 0.947. The van der Waals surface area contributed by atoms with E-state index in [1.807, 2.05) is 0 Å². The molecule has 1 amide bonds. The largest absolute Gasteiger partial charge is 0.379 e. The molecule has 0 bridgehead atoms. The Morgan fingerprint density at radius 1 is 0.960 bits per heavy atom. The number of ether oxygens (including phenoxy) is 1. The van der Waals surface area contributed by atoms with Crippen LogP contribution in [0.25, 0.3) is 0 Å². The molecule has 2 saturated heterocycles. The second-order valence-corrected chi connectivity index (χ2v) is 7.87. The van der Waals surface area contributed by atoms with Crippen LogP contribution in [0.5, 0.6) is 0 Å². The highest BCUT2D eigenvalue weighted by atomic mass is 16.5. The molecule has 2 aliphatic heterocycles. The van der Waals surface area contributed by atoms with Gasteiger partial charge < -0.3 is 15.0 Å². The van der Waals surface area contributed by atoms with Gasteiger partial charge in [0.05, 0.1) is 19.8 Å². The highest BCUT2D eigenvalue weighted by molar-refractivity contribution is 5.78. The Balaban J connectivity index is 1.48. The molecule has 6 heteroatoms. The molecular formula is C19H36N4O2. The first-order chi connectivity index (χ1) is 12.2. The molecule has 25 heavy (non-hydrogen) atoms. The zero-order valence-corrected chi connectivity index (χ0v) is 16.0. The Kier molecular flexibility index (Phi) is 7.10. The zero-order valence-electron chi connectivity index (χ0n) is 16.0. The molecule has 0 unspecified atom stereocenters. The molecular weight excluding hydrogens is 316 g/mol. The lowest BCUT2D eigenvalue weighted by molar-refractivity contribution is -0.124. The van der Waals surface area contributed by atoms with Gasteiger partial charge in [-0.15, -0.1) is 0 Å². The normalized spacial score (nSPS) is 26.4. The number of carbonyl (C=O) groups excluding carboxylic acids is 1. The van der Waals surface area contributed by atoms with Gasteiger partial charge in [0.15, 0.2) is 0 Å². The maximum atomic E-state index is 12.5. The van der Waals surface area contributed by atoms with Gasteiger partial charge in [0.1, 0.15) is 0 Å². The van der Waals surface area contributed by atoms with Gasteiger partial charge in [0.25, 0.3) is 0 Å². The van der Waals surface area contributed by atoms with E-state index in [1.54, 1.807) is 0 Å². The Morgan fingerprint density at radius 3 is 2.24 bits per heavy atom. The SMILES string of the molecule is CCN1CCN(CC(=O)NCC2(N3CCOCC3)CCCCC2)CC1. The van der Waals surface area contributed by atoms with Crippen LogP contribution >= 0.6 is 0 Å². The van der Waals surface area contributed by atoms with Gasteiger partial charge in [-0.1, -0.05) is 26.2 Å². The van der Waals surface area contributed by atoms with Crippen LogP contribution in [-0.2, 0) is 9.53 Å². The molecule has 1 N–H and O–H groups in total. The average molecular weight is 353 g/mol. The van der Waals surface area contributed by atoms with Gasteiger partial charge in [-0.25, -0.2) is 0 Å². The van der Waals surface area contributed by atoms with E-state index in [0.29, 0.717) is 6.54 Å². The Labute approximate surface area is 152 Å². The molecule has 0 aromatic heterocycles. The predicted molar refractivity (Wildman–Crippen MR) is 99.8 cm³/mol. The number of piperazine rings is 1. The van der Waals surface area contributed by atoms with E-state index in [-0.39, 0.29) is 11.4 Å². The summed E-state index contributed by atoms with van der Waals surface area (Å²) in [6, 6.07) is 0. The average Bonchev–Trinajstić information content (AvgIpc) is 2.68. The van der Waals surface area contributed by atoms with Crippen molar-refractivity contribution in [3.05, 3.63) is 0 Å². The second kappa shape index (κ2) is 9.31. The minimum absolute atomic E-state index is 0.165. The topological polar surface area (TPSA) is 48.0 Å². The van der Waals surface area contributed by atoms with E-state index in [1.165, 1.54) is 32.1 Å². The van der Waals surface area contributed by atoms with Crippen LogP contribution in [0.15, 0.2) is 0 Å². The molecule has 0 radical (unpaired) electrons. The smallest absolute Gasteiger partial charge is 0.234 e. The molecule has 3 aliphatic rings. The fourth-order valence-corrected chi connectivity index (χ4v) is 4.64. The molecule has 144 valence electrons. The lowest BCUT2D eigenvalue weighted by Crippen LogP contribution is -2.60. The molecule has 6 nitrogen and oxygen atoms in total. The van der Waals surface area contributed by atoms with Gasteiger partial charge in [0, 0.05) is 51.4 Å². The summed E-state index contributed by atoms with van der Waals surface area (Å²) >= 11 is 0. The van der Waals surface area contributed by atoms with Crippen LogP contribution in [-0.4, -0.2) is 98.3 Å². The first kappa shape index (κ1) is 19.1. The highest BCUT2D eigenvalue weighted by Crippen LogP contribution is 2.33. The summed E-state index contributed by atoms with van der Waals surface area (Å²) in [7, 11) is 0. The summed E-state index contributed by atoms with van der Waals surface area (Å²) in [5.41, 5.74) is 0.165. The van der Waals surface area contributed by atoms with Crippen LogP contribution in [0.1, 0.15) is 39.0 Å². The zero-order chi connectivity index (χ0) is 17.5. The highest BCUT2D eigenvalue weighted by Gasteiger charge is 2.38. The van der Waals surface area contributed by atoms with Gasteiger partial charge in [0.2, 0.25) is 5.91 Å². The van der Waals surface area contributed by atoms with Crippen LogP contribution in [0.3, 0.4) is 0 Å². The van der Waals surface area contributed by atoms with Gasteiger partial charge >= 0.3 is 0 Å². The van der Waals surface area contributed by atoms with Crippen molar-refractivity contribution in [3.8, 4) is 0 Å². The summed E-state index contributed by atoms with van der Waals surface area (Å²) in [5, 5.41) is 3.29. The van der Waals surface area contributed by atoms with Crippen molar-refractivity contribution < 1.29 is 9.53 Å². The number of nitrogens with zero attached hydrogens (tertiary/aromatic N) is 3. The van der Waals surface area contributed by atoms with Crippen LogP contribution in [0.2, 0.25) is 0 Å². The first-order valence-electron chi connectivity index (χ1n) is 10.3. The van der Waals surface area contributed by atoms with Crippen molar-refractivity contribution in [1.29, 1.82) is 0 Å². The molecule has 1 aliphatic carbocycles. The minimum atomic E-state index is 0.165. The Bertz CT molecular complexity index is 412. The molecule has 0 aromatic carbocycles. The van der Waals surface area contributed by atoms with E-state index < -0.39 is 0 Å². The standard InChI is InChI=1S/C19H36N4O2/c1-2-21-8-10-22(11-9-21)16-18(24)20-17-19(6-4-3-5-7-19)23-12-14-25-15-13-23/h2-17H2,1H3,(H,20,24). The number of morpholine rings is 1. The molecule has 0 atom stereocenters.